The molecule has 0 bridgehead atoms. The summed E-state index contributed by atoms with van der Waals surface area (Å²) in [5.74, 6) is 0.212. The van der Waals surface area contributed by atoms with Gasteiger partial charge in [0.15, 0.2) is 0 Å². The third-order valence-electron chi connectivity index (χ3n) is 4.73. The average molecular weight is 255 g/mol. The number of ether oxygens (including phenoxy) is 1. The molecule has 1 spiro atoms. The Hall–Kier alpha value is -0.610. The number of carbonyl (C=O) groups excluding carboxylic acids is 1. The molecule has 1 heterocycles. The van der Waals surface area contributed by atoms with Gasteiger partial charge in [-0.1, -0.05) is 20.3 Å². The van der Waals surface area contributed by atoms with E-state index in [0.29, 0.717) is 19.6 Å². The Kier molecular flexibility index (Phi) is 4.28. The molecule has 1 amide bonds. The topological polar surface area (TPSA) is 58.6 Å². The van der Waals surface area contributed by atoms with E-state index in [2.05, 4.69) is 12.2 Å². The second kappa shape index (κ2) is 5.57. The van der Waals surface area contributed by atoms with Gasteiger partial charge in [-0.25, -0.2) is 0 Å². The maximum absolute atomic E-state index is 12.0. The van der Waals surface area contributed by atoms with Gasteiger partial charge in [0.2, 0.25) is 5.91 Å². The van der Waals surface area contributed by atoms with Crippen molar-refractivity contribution in [3.05, 3.63) is 0 Å². The number of amides is 1. The summed E-state index contributed by atoms with van der Waals surface area (Å²) in [7, 11) is 0. The normalized spacial score (nSPS) is 31.7. The van der Waals surface area contributed by atoms with Gasteiger partial charge in [-0.15, -0.1) is 0 Å². The summed E-state index contributed by atoms with van der Waals surface area (Å²) >= 11 is 0. The van der Waals surface area contributed by atoms with Crippen LogP contribution in [0.2, 0.25) is 0 Å². The molecule has 4 heteroatoms. The van der Waals surface area contributed by atoms with Crippen LogP contribution in [0.4, 0.5) is 0 Å². The van der Waals surface area contributed by atoms with Crippen molar-refractivity contribution >= 4 is 5.91 Å². The molecule has 0 aromatic heterocycles. The number of carbonyl (C=O) groups is 1. The molecule has 0 aromatic carbocycles. The van der Waals surface area contributed by atoms with Crippen LogP contribution in [0, 0.1) is 11.3 Å². The van der Waals surface area contributed by atoms with Gasteiger partial charge in [0.25, 0.3) is 0 Å². The zero-order valence-electron chi connectivity index (χ0n) is 11.4. The van der Waals surface area contributed by atoms with E-state index < -0.39 is 0 Å². The van der Waals surface area contributed by atoms with Gasteiger partial charge in [0, 0.05) is 30.6 Å². The van der Waals surface area contributed by atoms with Crippen molar-refractivity contribution in [2.45, 2.75) is 58.1 Å². The summed E-state index contributed by atoms with van der Waals surface area (Å²) in [5.41, 5.74) is -0.111. The molecule has 1 aliphatic heterocycles. The maximum Gasteiger partial charge on any atom is 0.223 e. The highest BCUT2D eigenvalue weighted by atomic mass is 16.5. The van der Waals surface area contributed by atoms with Crippen molar-refractivity contribution in [2.24, 2.45) is 11.3 Å². The molecular weight excluding hydrogens is 230 g/mol. The van der Waals surface area contributed by atoms with Gasteiger partial charge in [-0.05, 0) is 25.7 Å². The third kappa shape index (κ3) is 2.41. The summed E-state index contributed by atoms with van der Waals surface area (Å²) in [5, 5.41) is 13.2. The van der Waals surface area contributed by atoms with E-state index in [-0.39, 0.29) is 29.4 Å². The molecule has 2 fully saturated rings. The van der Waals surface area contributed by atoms with E-state index in [0.717, 1.165) is 25.7 Å². The van der Waals surface area contributed by atoms with E-state index in [1.807, 2.05) is 6.92 Å². The van der Waals surface area contributed by atoms with Gasteiger partial charge in [0.05, 0.1) is 6.10 Å². The molecule has 0 aromatic rings. The van der Waals surface area contributed by atoms with E-state index in [4.69, 9.17) is 4.74 Å². The van der Waals surface area contributed by atoms with Gasteiger partial charge < -0.3 is 15.2 Å². The largest absolute Gasteiger partial charge is 0.392 e. The molecule has 18 heavy (non-hydrogen) atoms. The molecule has 1 saturated carbocycles. The van der Waals surface area contributed by atoms with Crippen LogP contribution in [-0.4, -0.2) is 36.4 Å². The van der Waals surface area contributed by atoms with Crippen LogP contribution in [0.5, 0.6) is 0 Å². The van der Waals surface area contributed by atoms with Crippen LogP contribution < -0.4 is 5.32 Å². The zero-order chi connectivity index (χ0) is 13.2. The molecular formula is C14H25NO3. The second-order valence-electron chi connectivity index (χ2n) is 5.85. The van der Waals surface area contributed by atoms with Crippen LogP contribution in [0.3, 0.4) is 0 Å². The first-order chi connectivity index (χ1) is 8.60. The SMILES string of the molecule is CCCC(C)C(=O)N[C@H]1C[C@H](O)C12CCOCC2. The smallest absolute Gasteiger partial charge is 0.223 e. The van der Waals surface area contributed by atoms with Crippen LogP contribution in [0.1, 0.15) is 46.0 Å². The standard InChI is InChI=1S/C14H25NO3/c1-3-4-10(2)13(17)15-11-9-12(16)14(11)5-7-18-8-6-14/h10-12,16H,3-9H2,1-2H3,(H,15,17)/t10?,11-,12-/m0/s1. The van der Waals surface area contributed by atoms with Gasteiger partial charge in [-0.3, -0.25) is 4.79 Å². The summed E-state index contributed by atoms with van der Waals surface area (Å²) in [4.78, 5) is 12.0. The molecule has 3 atom stereocenters. The minimum atomic E-state index is -0.270. The van der Waals surface area contributed by atoms with Crippen molar-refractivity contribution < 1.29 is 14.6 Å². The minimum absolute atomic E-state index is 0.0737. The molecule has 4 nitrogen and oxygen atoms in total. The highest BCUT2D eigenvalue weighted by Gasteiger charge is 2.55. The Bertz CT molecular complexity index is 299. The first kappa shape index (κ1) is 13.8. The molecule has 2 N–H and O–H groups in total. The number of hydrogen-bond acceptors (Lipinski definition) is 3. The highest BCUT2D eigenvalue weighted by Crippen LogP contribution is 2.49. The maximum atomic E-state index is 12.0. The van der Waals surface area contributed by atoms with Crippen LogP contribution >= 0.6 is 0 Å². The van der Waals surface area contributed by atoms with Gasteiger partial charge >= 0.3 is 0 Å². The zero-order valence-corrected chi connectivity index (χ0v) is 11.4. The Morgan fingerprint density at radius 3 is 2.72 bits per heavy atom. The number of nitrogens with one attached hydrogen (secondary N) is 1. The Morgan fingerprint density at radius 1 is 1.50 bits per heavy atom. The molecule has 1 unspecified atom stereocenters. The number of aliphatic hydroxyl groups excluding tert-OH is 1. The van der Waals surface area contributed by atoms with Crippen LogP contribution in [0.25, 0.3) is 0 Å². The molecule has 0 radical (unpaired) electrons. The van der Waals surface area contributed by atoms with Crippen molar-refractivity contribution in [1.29, 1.82) is 0 Å². The van der Waals surface area contributed by atoms with E-state index in [9.17, 15) is 9.90 Å². The lowest BCUT2D eigenvalue weighted by molar-refractivity contribution is -0.157. The molecule has 104 valence electrons. The Morgan fingerprint density at radius 2 is 2.17 bits per heavy atom. The highest BCUT2D eigenvalue weighted by molar-refractivity contribution is 5.78. The van der Waals surface area contributed by atoms with E-state index in [1.165, 1.54) is 0 Å². The Labute approximate surface area is 109 Å². The lowest BCUT2D eigenvalue weighted by Gasteiger charge is -2.55. The lowest BCUT2D eigenvalue weighted by atomic mass is 9.58. The van der Waals surface area contributed by atoms with Crippen molar-refractivity contribution in [2.75, 3.05) is 13.2 Å². The fraction of sp³-hybridized carbons (Fsp3) is 0.929. The molecule has 1 aliphatic carbocycles. The second-order valence-corrected chi connectivity index (χ2v) is 5.85. The number of rotatable bonds is 4. The molecule has 2 rings (SSSR count). The first-order valence-corrected chi connectivity index (χ1v) is 7.16. The molecule has 2 aliphatic rings. The number of hydrogen-bond donors (Lipinski definition) is 2. The van der Waals surface area contributed by atoms with Crippen molar-refractivity contribution in [3.63, 3.8) is 0 Å². The summed E-state index contributed by atoms with van der Waals surface area (Å²) in [6.45, 7) is 5.48. The Balaban J connectivity index is 1.91. The monoisotopic (exact) mass is 255 g/mol. The summed E-state index contributed by atoms with van der Waals surface area (Å²) in [6.07, 6.45) is 4.11. The van der Waals surface area contributed by atoms with E-state index >= 15 is 0 Å². The van der Waals surface area contributed by atoms with Crippen LogP contribution in [-0.2, 0) is 9.53 Å². The molecule has 1 saturated heterocycles. The summed E-state index contributed by atoms with van der Waals surface area (Å²) < 4.78 is 5.36. The third-order valence-corrected chi connectivity index (χ3v) is 4.73. The van der Waals surface area contributed by atoms with E-state index in [1.54, 1.807) is 0 Å². The number of aliphatic hydroxyl groups is 1. The average Bonchev–Trinajstić information content (AvgIpc) is 2.39. The van der Waals surface area contributed by atoms with Gasteiger partial charge in [0.1, 0.15) is 0 Å². The quantitative estimate of drug-likeness (QED) is 0.799. The predicted molar refractivity (Wildman–Crippen MR) is 69.1 cm³/mol. The van der Waals surface area contributed by atoms with Crippen LogP contribution in [0.15, 0.2) is 0 Å². The first-order valence-electron chi connectivity index (χ1n) is 7.16. The van der Waals surface area contributed by atoms with Crippen molar-refractivity contribution in [3.8, 4) is 0 Å². The van der Waals surface area contributed by atoms with Gasteiger partial charge in [-0.2, -0.15) is 0 Å². The lowest BCUT2D eigenvalue weighted by Crippen LogP contribution is -2.66. The van der Waals surface area contributed by atoms with Crippen molar-refractivity contribution in [1.82, 2.24) is 5.32 Å². The fourth-order valence-corrected chi connectivity index (χ4v) is 3.28. The summed E-state index contributed by atoms with van der Waals surface area (Å²) in [6, 6.07) is 0.142. The fourth-order valence-electron chi connectivity index (χ4n) is 3.28. The predicted octanol–water partition coefficient (Wildman–Crippen LogP) is 1.47. The minimum Gasteiger partial charge on any atom is -0.392 e.